The number of alkyl halides is 3. The molecule has 1 unspecified atom stereocenters. The first-order valence-corrected chi connectivity index (χ1v) is 10.6. The molecule has 3 nitrogen and oxygen atoms in total. The molecule has 0 amide bonds. The van der Waals surface area contributed by atoms with Crippen LogP contribution in [0.5, 0.6) is 0 Å². The largest absolute Gasteiger partial charge is 0.416 e. The number of hydrogen-bond acceptors (Lipinski definition) is 3. The van der Waals surface area contributed by atoms with Crippen molar-refractivity contribution in [2.24, 2.45) is 5.92 Å². The van der Waals surface area contributed by atoms with Crippen LogP contribution in [-0.4, -0.2) is 18.0 Å². The number of halogens is 3. The van der Waals surface area contributed by atoms with Crippen LogP contribution in [0.15, 0.2) is 66.7 Å². The molecule has 3 aromatic rings. The molecule has 2 atom stereocenters. The van der Waals surface area contributed by atoms with Crippen LogP contribution in [0.2, 0.25) is 0 Å². The van der Waals surface area contributed by atoms with Gasteiger partial charge in [0.05, 0.1) is 11.3 Å². The van der Waals surface area contributed by atoms with Crippen LogP contribution < -0.4 is 5.32 Å². The minimum atomic E-state index is -4.40. The van der Waals surface area contributed by atoms with E-state index in [2.05, 4.69) is 29.6 Å². The highest BCUT2D eigenvalue weighted by Crippen LogP contribution is 2.30. The fraction of sp³-hybridized carbons (Fsp3) is 0.308. The third-order valence-electron chi connectivity index (χ3n) is 5.70. The maximum Gasteiger partial charge on any atom is 0.416 e. The van der Waals surface area contributed by atoms with Crippen molar-refractivity contribution in [2.75, 3.05) is 6.54 Å². The second kappa shape index (κ2) is 10.1. The molecule has 0 bridgehead atoms. The van der Waals surface area contributed by atoms with E-state index in [0.717, 1.165) is 28.5 Å². The summed E-state index contributed by atoms with van der Waals surface area (Å²) in [5.74, 6) is -0.506. The van der Waals surface area contributed by atoms with Gasteiger partial charge in [-0.3, -0.25) is 4.79 Å². The summed E-state index contributed by atoms with van der Waals surface area (Å²) in [6.07, 6.45) is -3.85. The van der Waals surface area contributed by atoms with Gasteiger partial charge in [0.25, 0.3) is 0 Å². The summed E-state index contributed by atoms with van der Waals surface area (Å²) in [6.45, 7) is 3.85. The minimum absolute atomic E-state index is 0.00313. The van der Waals surface area contributed by atoms with Gasteiger partial charge < -0.3 is 10.7 Å². The molecule has 168 valence electrons. The molecular formula is C26H27F3N2O. The summed E-state index contributed by atoms with van der Waals surface area (Å²) < 4.78 is 39.3. The van der Waals surface area contributed by atoms with E-state index in [-0.39, 0.29) is 29.9 Å². The van der Waals surface area contributed by atoms with Gasteiger partial charge in [-0.1, -0.05) is 60.7 Å². The molecule has 0 fully saturated rings. The Labute approximate surface area is 186 Å². The molecule has 0 aliphatic heterocycles. The van der Waals surface area contributed by atoms with E-state index in [1.165, 1.54) is 13.0 Å². The van der Waals surface area contributed by atoms with Gasteiger partial charge in [0.15, 0.2) is 5.78 Å². The topological polar surface area (TPSA) is 53.0 Å². The number of hydrogen-bond donors (Lipinski definition) is 2. The van der Waals surface area contributed by atoms with E-state index in [1.54, 1.807) is 6.07 Å². The number of carbonyl (C=O) groups is 1. The molecule has 0 saturated carbocycles. The van der Waals surface area contributed by atoms with Crippen LogP contribution in [0.4, 0.5) is 13.2 Å². The molecule has 0 radical (unpaired) electrons. The van der Waals surface area contributed by atoms with Crippen molar-refractivity contribution in [3.63, 3.8) is 0 Å². The molecule has 32 heavy (non-hydrogen) atoms. The first kappa shape index (κ1) is 23.7. The van der Waals surface area contributed by atoms with Crippen molar-refractivity contribution in [1.82, 2.24) is 5.32 Å². The Kier molecular flexibility index (Phi) is 7.46. The lowest BCUT2D eigenvalue weighted by Gasteiger charge is -2.22. The van der Waals surface area contributed by atoms with Gasteiger partial charge in [0, 0.05) is 13.0 Å². The molecule has 2 N–H and O–H groups in total. The van der Waals surface area contributed by atoms with Crippen LogP contribution in [-0.2, 0) is 17.4 Å². The Morgan fingerprint density at radius 3 is 2.44 bits per heavy atom. The lowest BCUT2D eigenvalue weighted by molar-refractivity contribution is -0.137. The maximum absolute atomic E-state index is 13.1. The van der Waals surface area contributed by atoms with Crippen LogP contribution in [0.3, 0.4) is 0 Å². The zero-order chi connectivity index (χ0) is 23.3. The molecule has 0 spiro atoms. The molecular weight excluding hydrogens is 413 g/mol. The Morgan fingerprint density at radius 1 is 1.03 bits per heavy atom. The zero-order valence-electron chi connectivity index (χ0n) is 18.2. The number of Topliss-reactive ketones (excluding diaryl/α,β-unsaturated/α-hetero) is 1. The highest BCUT2D eigenvalue weighted by atomic mass is 19.4. The summed E-state index contributed by atoms with van der Waals surface area (Å²) in [7, 11) is 0. The quantitative estimate of drug-likeness (QED) is 0.380. The van der Waals surface area contributed by atoms with Gasteiger partial charge in [-0.15, -0.1) is 0 Å². The Hall–Kier alpha value is -2.99. The average Bonchev–Trinajstić information content (AvgIpc) is 2.76. The van der Waals surface area contributed by atoms with Crippen molar-refractivity contribution in [3.8, 4) is 0 Å². The third-order valence-corrected chi connectivity index (χ3v) is 5.70. The molecule has 0 heterocycles. The number of ketones is 1. The zero-order valence-corrected chi connectivity index (χ0v) is 18.2. The van der Waals surface area contributed by atoms with E-state index in [9.17, 15) is 18.0 Å². The van der Waals surface area contributed by atoms with Gasteiger partial charge in [0.2, 0.25) is 0 Å². The first-order chi connectivity index (χ1) is 15.1. The smallest absolute Gasteiger partial charge is 0.310 e. The molecule has 3 rings (SSSR count). The van der Waals surface area contributed by atoms with Gasteiger partial charge in [-0.05, 0) is 60.2 Å². The lowest BCUT2D eigenvalue weighted by atomic mass is 9.91. The van der Waals surface area contributed by atoms with Gasteiger partial charge >= 0.3 is 6.18 Å². The van der Waals surface area contributed by atoms with Crippen molar-refractivity contribution in [3.05, 3.63) is 83.4 Å². The minimum Gasteiger partial charge on any atom is -0.310 e. The number of nitrogens with one attached hydrogen (secondary N) is 2. The second-order valence-electron chi connectivity index (χ2n) is 8.21. The molecule has 3 aromatic carbocycles. The standard InChI is InChI=1S/C26H27F3N2O/c1-17(23-12-6-9-21-8-3-4-11-24(21)23)31-16-20(15-25(30)18(2)32)13-19-7-5-10-22(14-19)26(27,28)29/h3-12,14,17,20,30-31H,13,15-16H2,1-2H3/t17-,20?/m1/s1. The normalized spacial score (nSPS) is 13.7. The second-order valence-corrected chi connectivity index (χ2v) is 8.21. The SMILES string of the molecule is CC(=O)C(=N)CC(CN[C@H](C)c1cccc2ccccc12)Cc1cccc(C(F)(F)F)c1. The molecule has 0 aromatic heterocycles. The predicted molar refractivity (Wildman–Crippen MR) is 122 cm³/mol. The van der Waals surface area contributed by atoms with E-state index >= 15 is 0 Å². The van der Waals surface area contributed by atoms with Gasteiger partial charge in [-0.25, -0.2) is 0 Å². The van der Waals surface area contributed by atoms with Crippen LogP contribution in [0.1, 0.15) is 43.0 Å². The van der Waals surface area contributed by atoms with Crippen molar-refractivity contribution in [1.29, 1.82) is 5.41 Å². The lowest BCUT2D eigenvalue weighted by Crippen LogP contribution is -2.29. The van der Waals surface area contributed by atoms with E-state index in [4.69, 9.17) is 5.41 Å². The van der Waals surface area contributed by atoms with Crippen molar-refractivity contribution in [2.45, 2.75) is 38.9 Å². The Bertz CT molecular complexity index is 1100. The van der Waals surface area contributed by atoms with Crippen LogP contribution in [0, 0.1) is 11.3 Å². The highest BCUT2D eigenvalue weighted by molar-refractivity contribution is 6.37. The number of rotatable bonds is 9. The number of carbonyl (C=O) groups excluding carboxylic acids is 1. The fourth-order valence-corrected chi connectivity index (χ4v) is 3.94. The van der Waals surface area contributed by atoms with E-state index in [1.807, 2.05) is 25.1 Å². The summed E-state index contributed by atoms with van der Waals surface area (Å²) in [4.78, 5) is 11.6. The van der Waals surface area contributed by atoms with Gasteiger partial charge in [0.1, 0.15) is 0 Å². The van der Waals surface area contributed by atoms with E-state index < -0.39 is 11.7 Å². The van der Waals surface area contributed by atoms with Crippen molar-refractivity contribution >= 4 is 22.3 Å². The highest BCUT2D eigenvalue weighted by Gasteiger charge is 2.30. The van der Waals surface area contributed by atoms with Crippen molar-refractivity contribution < 1.29 is 18.0 Å². The monoisotopic (exact) mass is 440 g/mol. The summed E-state index contributed by atoms with van der Waals surface area (Å²) in [5.41, 5.74) is 0.970. The Balaban J connectivity index is 1.77. The van der Waals surface area contributed by atoms with Crippen LogP contribution in [0.25, 0.3) is 10.8 Å². The van der Waals surface area contributed by atoms with E-state index in [0.29, 0.717) is 18.5 Å². The Morgan fingerprint density at radius 2 is 1.72 bits per heavy atom. The first-order valence-electron chi connectivity index (χ1n) is 10.6. The molecule has 0 aliphatic rings. The summed E-state index contributed by atoms with van der Waals surface area (Å²) in [6, 6.07) is 19.5. The third kappa shape index (κ3) is 6.04. The fourth-order valence-electron chi connectivity index (χ4n) is 3.94. The number of fused-ring (bicyclic) bond motifs is 1. The molecule has 6 heteroatoms. The predicted octanol–water partition coefficient (Wildman–Crippen LogP) is 6.37. The molecule has 0 aliphatic carbocycles. The average molecular weight is 441 g/mol. The van der Waals surface area contributed by atoms with Gasteiger partial charge in [-0.2, -0.15) is 13.2 Å². The summed E-state index contributed by atoms with van der Waals surface area (Å²) >= 11 is 0. The summed E-state index contributed by atoms with van der Waals surface area (Å²) in [5, 5.41) is 13.7. The maximum atomic E-state index is 13.1. The molecule has 0 saturated heterocycles. The number of benzene rings is 3. The van der Waals surface area contributed by atoms with Crippen LogP contribution >= 0.6 is 0 Å².